The van der Waals surface area contributed by atoms with Gasteiger partial charge in [0.1, 0.15) is 5.82 Å². The van der Waals surface area contributed by atoms with Crippen LogP contribution >= 0.6 is 0 Å². The number of hydrogen-bond donors (Lipinski definition) is 2. The van der Waals surface area contributed by atoms with Gasteiger partial charge in [-0.05, 0) is 68.6 Å². The average Bonchev–Trinajstić information content (AvgIpc) is 3.09. The number of nitrogens with one attached hydrogen (secondary N) is 2. The van der Waals surface area contributed by atoms with Crippen molar-refractivity contribution in [3.8, 4) is 11.4 Å². The van der Waals surface area contributed by atoms with Gasteiger partial charge in [0, 0.05) is 25.2 Å². The molecule has 2 aromatic carbocycles. The van der Waals surface area contributed by atoms with Gasteiger partial charge in [0.15, 0.2) is 0 Å². The van der Waals surface area contributed by atoms with Gasteiger partial charge in [-0.1, -0.05) is 30.7 Å². The number of fused-ring (bicyclic) bond motifs is 1. The van der Waals surface area contributed by atoms with Crippen molar-refractivity contribution in [1.29, 1.82) is 0 Å². The lowest BCUT2D eigenvalue weighted by molar-refractivity contribution is 0.229. The molecule has 2 heterocycles. The molecule has 0 aliphatic carbocycles. The van der Waals surface area contributed by atoms with Crippen molar-refractivity contribution in [3.05, 3.63) is 53.1 Å². The predicted molar refractivity (Wildman–Crippen MR) is 113 cm³/mol. The summed E-state index contributed by atoms with van der Waals surface area (Å²) in [6.07, 6.45) is 4.13. The van der Waals surface area contributed by atoms with Crippen LogP contribution in [0.3, 0.4) is 0 Å². The first kappa shape index (κ1) is 18.2. The summed E-state index contributed by atoms with van der Waals surface area (Å²) < 4.78 is 0. The Hall–Kier alpha value is -2.17. The average molecular weight is 363 g/mol. The van der Waals surface area contributed by atoms with Gasteiger partial charge in [0.25, 0.3) is 0 Å². The van der Waals surface area contributed by atoms with Crippen LogP contribution in [0.25, 0.3) is 22.4 Å². The van der Waals surface area contributed by atoms with Gasteiger partial charge in [-0.25, -0.2) is 4.98 Å². The third kappa shape index (κ3) is 4.40. The van der Waals surface area contributed by atoms with Crippen molar-refractivity contribution >= 4 is 11.0 Å². The molecule has 27 heavy (non-hydrogen) atoms. The summed E-state index contributed by atoms with van der Waals surface area (Å²) in [5.74, 6) is 0.944. The predicted octanol–water partition coefficient (Wildman–Crippen LogP) is 4.42. The zero-order valence-electron chi connectivity index (χ0n) is 16.5. The molecular weight excluding hydrogens is 332 g/mol. The monoisotopic (exact) mass is 362 g/mol. The second-order valence-electron chi connectivity index (χ2n) is 7.82. The SMILES string of the molecule is Cc1cc2nc(-c3ccc(CNCCN4CCCCC4)cc3)[nH]c2cc1C. The van der Waals surface area contributed by atoms with E-state index in [-0.39, 0.29) is 0 Å². The lowest BCUT2D eigenvalue weighted by Crippen LogP contribution is -2.35. The topological polar surface area (TPSA) is 44.0 Å². The first-order valence-electron chi connectivity index (χ1n) is 10.2. The number of benzene rings is 2. The molecular formula is C23H30N4. The molecule has 1 fully saturated rings. The molecule has 0 unspecified atom stereocenters. The van der Waals surface area contributed by atoms with E-state index in [0.717, 1.165) is 42.1 Å². The van der Waals surface area contributed by atoms with E-state index in [1.165, 1.54) is 49.0 Å². The number of aromatic amines is 1. The van der Waals surface area contributed by atoms with Crippen molar-refractivity contribution < 1.29 is 0 Å². The largest absolute Gasteiger partial charge is 0.338 e. The molecule has 0 spiro atoms. The van der Waals surface area contributed by atoms with Crippen LogP contribution in [0.2, 0.25) is 0 Å². The smallest absolute Gasteiger partial charge is 0.138 e. The highest BCUT2D eigenvalue weighted by Crippen LogP contribution is 2.23. The van der Waals surface area contributed by atoms with Gasteiger partial charge in [0.2, 0.25) is 0 Å². The molecule has 0 amide bonds. The van der Waals surface area contributed by atoms with E-state index >= 15 is 0 Å². The molecule has 142 valence electrons. The highest BCUT2D eigenvalue weighted by molar-refractivity contribution is 5.81. The summed E-state index contributed by atoms with van der Waals surface area (Å²) in [6, 6.07) is 13.1. The molecule has 2 N–H and O–H groups in total. The van der Waals surface area contributed by atoms with Crippen LogP contribution < -0.4 is 5.32 Å². The van der Waals surface area contributed by atoms with Crippen LogP contribution in [0.1, 0.15) is 36.0 Å². The number of aryl methyl sites for hydroxylation is 2. The molecule has 1 aliphatic rings. The highest BCUT2D eigenvalue weighted by Gasteiger charge is 2.09. The van der Waals surface area contributed by atoms with E-state index in [9.17, 15) is 0 Å². The van der Waals surface area contributed by atoms with E-state index < -0.39 is 0 Å². The lowest BCUT2D eigenvalue weighted by Gasteiger charge is -2.26. The number of H-pyrrole nitrogens is 1. The second-order valence-corrected chi connectivity index (χ2v) is 7.82. The van der Waals surface area contributed by atoms with Crippen LogP contribution in [-0.4, -0.2) is 41.0 Å². The van der Waals surface area contributed by atoms with Gasteiger partial charge < -0.3 is 15.2 Å². The fourth-order valence-corrected chi connectivity index (χ4v) is 3.84. The molecule has 0 radical (unpaired) electrons. The molecule has 4 heteroatoms. The molecule has 1 aliphatic heterocycles. The molecule has 3 aromatic rings. The Morgan fingerprint density at radius 3 is 2.52 bits per heavy atom. The molecule has 0 saturated carbocycles. The van der Waals surface area contributed by atoms with Crippen molar-refractivity contribution in [2.24, 2.45) is 0 Å². The summed E-state index contributed by atoms with van der Waals surface area (Å²) in [4.78, 5) is 10.8. The number of hydrogen-bond acceptors (Lipinski definition) is 3. The Kier molecular flexibility index (Phi) is 5.55. The van der Waals surface area contributed by atoms with Crippen LogP contribution in [0.4, 0.5) is 0 Å². The maximum atomic E-state index is 4.77. The standard InChI is InChI=1S/C23H30N4/c1-17-14-21-22(15-18(17)2)26-23(25-21)20-8-6-19(7-9-20)16-24-10-13-27-11-4-3-5-12-27/h6-9,14-15,24H,3-5,10-13,16H2,1-2H3,(H,25,26). The van der Waals surface area contributed by atoms with Crippen LogP contribution in [-0.2, 0) is 6.54 Å². The summed E-state index contributed by atoms with van der Waals surface area (Å²) in [6.45, 7) is 9.96. The van der Waals surface area contributed by atoms with Gasteiger partial charge in [-0.2, -0.15) is 0 Å². The van der Waals surface area contributed by atoms with Gasteiger partial charge in [-0.15, -0.1) is 0 Å². The van der Waals surface area contributed by atoms with Crippen LogP contribution in [0.5, 0.6) is 0 Å². The number of likely N-dealkylation sites (tertiary alicyclic amines) is 1. The Morgan fingerprint density at radius 2 is 1.74 bits per heavy atom. The fourth-order valence-electron chi connectivity index (χ4n) is 3.84. The van der Waals surface area contributed by atoms with Gasteiger partial charge in [-0.3, -0.25) is 0 Å². The van der Waals surface area contributed by atoms with E-state index in [1.54, 1.807) is 0 Å². The maximum absolute atomic E-state index is 4.77. The van der Waals surface area contributed by atoms with Crippen molar-refractivity contribution in [1.82, 2.24) is 20.2 Å². The lowest BCUT2D eigenvalue weighted by atomic mass is 10.1. The van der Waals surface area contributed by atoms with Crippen molar-refractivity contribution in [3.63, 3.8) is 0 Å². The maximum Gasteiger partial charge on any atom is 0.138 e. The van der Waals surface area contributed by atoms with E-state index in [1.807, 2.05) is 0 Å². The third-order valence-electron chi connectivity index (χ3n) is 5.71. The van der Waals surface area contributed by atoms with E-state index in [4.69, 9.17) is 4.98 Å². The first-order valence-corrected chi connectivity index (χ1v) is 10.2. The molecule has 4 nitrogen and oxygen atoms in total. The Labute approximate surface area is 162 Å². The third-order valence-corrected chi connectivity index (χ3v) is 5.71. The summed E-state index contributed by atoms with van der Waals surface area (Å²) in [5, 5.41) is 3.58. The van der Waals surface area contributed by atoms with Crippen LogP contribution in [0.15, 0.2) is 36.4 Å². The molecule has 0 bridgehead atoms. The number of rotatable bonds is 6. The van der Waals surface area contributed by atoms with Gasteiger partial charge >= 0.3 is 0 Å². The van der Waals surface area contributed by atoms with Crippen molar-refractivity contribution in [2.45, 2.75) is 39.7 Å². The first-order chi connectivity index (χ1) is 13.2. The number of nitrogens with zero attached hydrogens (tertiary/aromatic N) is 2. The van der Waals surface area contributed by atoms with E-state index in [0.29, 0.717) is 0 Å². The summed E-state index contributed by atoms with van der Waals surface area (Å²) in [5.41, 5.74) is 7.18. The summed E-state index contributed by atoms with van der Waals surface area (Å²) in [7, 11) is 0. The van der Waals surface area contributed by atoms with E-state index in [2.05, 4.69) is 65.4 Å². The minimum atomic E-state index is 0.923. The zero-order valence-corrected chi connectivity index (χ0v) is 16.5. The second kappa shape index (κ2) is 8.24. The number of piperidine rings is 1. The minimum absolute atomic E-state index is 0.923. The van der Waals surface area contributed by atoms with Gasteiger partial charge in [0.05, 0.1) is 11.0 Å². The quantitative estimate of drug-likeness (QED) is 0.638. The minimum Gasteiger partial charge on any atom is -0.338 e. The Bertz CT molecular complexity index is 850. The number of imidazole rings is 1. The highest BCUT2D eigenvalue weighted by atomic mass is 15.1. The molecule has 1 saturated heterocycles. The van der Waals surface area contributed by atoms with Crippen LogP contribution in [0, 0.1) is 13.8 Å². The Balaban J connectivity index is 1.34. The van der Waals surface area contributed by atoms with Crippen molar-refractivity contribution in [2.75, 3.05) is 26.2 Å². The fraction of sp³-hybridized carbons (Fsp3) is 0.435. The Morgan fingerprint density at radius 1 is 1.00 bits per heavy atom. The molecule has 1 aromatic heterocycles. The molecule has 0 atom stereocenters. The number of aromatic nitrogens is 2. The summed E-state index contributed by atoms with van der Waals surface area (Å²) >= 11 is 0. The zero-order chi connectivity index (χ0) is 18.6. The normalized spacial score (nSPS) is 15.5. The molecule has 4 rings (SSSR count).